The van der Waals surface area contributed by atoms with E-state index < -0.39 is 30.7 Å². The number of nitrogens with one attached hydrogen (secondary N) is 1. The van der Waals surface area contributed by atoms with Gasteiger partial charge in [-0.3, -0.25) is 0 Å². The molecule has 0 bridgehead atoms. The van der Waals surface area contributed by atoms with Crippen molar-refractivity contribution in [3.63, 3.8) is 0 Å². The molecule has 0 aliphatic carbocycles. The molecule has 0 aromatic carbocycles. The van der Waals surface area contributed by atoms with Gasteiger partial charge in [0.2, 0.25) is 0 Å². The normalized spacial score (nSPS) is 14.1. The lowest BCUT2D eigenvalue weighted by atomic mass is 10.3. The van der Waals surface area contributed by atoms with Crippen molar-refractivity contribution in [2.24, 2.45) is 0 Å². The van der Waals surface area contributed by atoms with Gasteiger partial charge in [0.15, 0.2) is 6.04 Å². The highest BCUT2D eigenvalue weighted by atomic mass is 16.4. The van der Waals surface area contributed by atoms with Gasteiger partial charge in [-0.15, -0.1) is 0 Å². The molecule has 0 saturated carbocycles. The Bertz CT molecular complexity index is 233. The van der Waals surface area contributed by atoms with Crippen molar-refractivity contribution in [1.82, 2.24) is 10.2 Å². The second kappa shape index (κ2) is 6.20. The Morgan fingerprint density at radius 2 is 1.87 bits per heavy atom. The van der Waals surface area contributed by atoms with Crippen LogP contribution in [0, 0.1) is 0 Å². The van der Waals surface area contributed by atoms with Crippen LogP contribution < -0.4 is 5.32 Å². The molecular weight excluding hydrogens is 204 g/mol. The number of amides is 2. The number of carboxylic acid groups (broad SMARTS) is 1. The summed E-state index contributed by atoms with van der Waals surface area (Å²) in [6.07, 6.45) is 0. The molecule has 0 aromatic heterocycles. The monoisotopic (exact) mass is 220 g/mol. The van der Waals surface area contributed by atoms with E-state index in [4.69, 9.17) is 15.3 Å². The van der Waals surface area contributed by atoms with E-state index in [0.29, 0.717) is 0 Å². The van der Waals surface area contributed by atoms with Gasteiger partial charge in [-0.2, -0.15) is 0 Å². The van der Waals surface area contributed by atoms with Gasteiger partial charge in [-0.1, -0.05) is 0 Å². The zero-order valence-corrected chi connectivity index (χ0v) is 8.67. The molecule has 0 fully saturated rings. The summed E-state index contributed by atoms with van der Waals surface area (Å²) in [5.41, 5.74) is 0. The fourth-order valence-electron chi connectivity index (χ4n) is 0.759. The van der Waals surface area contributed by atoms with Gasteiger partial charge in [-0.05, 0) is 6.92 Å². The maximum atomic E-state index is 11.3. The molecular formula is C8H16N2O5. The smallest absolute Gasteiger partial charge is 0.328 e. The molecule has 0 radical (unpaired) electrons. The molecule has 0 aromatic rings. The minimum atomic E-state index is -1.33. The van der Waals surface area contributed by atoms with Crippen molar-refractivity contribution in [1.29, 1.82) is 0 Å². The van der Waals surface area contributed by atoms with Crippen molar-refractivity contribution < 1.29 is 24.9 Å². The Hall–Kier alpha value is -1.34. The Morgan fingerprint density at radius 3 is 2.20 bits per heavy atom. The molecule has 15 heavy (non-hydrogen) atoms. The Kier molecular flexibility index (Phi) is 5.65. The highest BCUT2D eigenvalue weighted by Crippen LogP contribution is 1.95. The molecule has 88 valence electrons. The third kappa shape index (κ3) is 4.13. The molecule has 0 aliphatic rings. The number of carbonyl (C=O) groups excluding carboxylic acids is 1. The molecule has 2 unspecified atom stereocenters. The van der Waals surface area contributed by atoms with Crippen LogP contribution in [0.5, 0.6) is 0 Å². The number of nitrogens with zero attached hydrogens (tertiary/aromatic N) is 1. The number of rotatable bonds is 5. The predicted octanol–water partition coefficient (Wildman–Crippen LogP) is -1.55. The summed E-state index contributed by atoms with van der Waals surface area (Å²) in [6, 6.07) is -2.40. The quantitative estimate of drug-likeness (QED) is 0.448. The highest BCUT2D eigenvalue weighted by Gasteiger charge is 2.22. The topological polar surface area (TPSA) is 110 Å². The van der Waals surface area contributed by atoms with Crippen LogP contribution >= 0.6 is 0 Å². The first kappa shape index (κ1) is 13.7. The number of carbonyl (C=O) groups is 2. The van der Waals surface area contributed by atoms with E-state index in [0.717, 1.165) is 4.90 Å². The first-order chi connectivity index (χ1) is 6.93. The first-order valence-corrected chi connectivity index (χ1v) is 4.41. The molecule has 0 aliphatic heterocycles. The second-order valence-electron chi connectivity index (χ2n) is 3.17. The maximum absolute atomic E-state index is 11.3. The number of aliphatic hydroxyl groups excluding tert-OH is 2. The summed E-state index contributed by atoms with van der Waals surface area (Å²) in [5, 5.41) is 28.1. The van der Waals surface area contributed by atoms with E-state index in [1.54, 1.807) is 6.92 Å². The molecule has 7 heteroatoms. The number of likely N-dealkylation sites (N-methyl/N-ethyl adjacent to an activating group) is 1. The zero-order valence-electron chi connectivity index (χ0n) is 8.67. The van der Waals surface area contributed by atoms with Crippen LogP contribution in [0.1, 0.15) is 6.92 Å². The summed E-state index contributed by atoms with van der Waals surface area (Å²) in [4.78, 5) is 23.0. The maximum Gasteiger partial charge on any atom is 0.328 e. The standard InChI is InChI=1S/C8H16N2O5/c1-5(3-11)10(2)8(15)9-6(4-12)7(13)14/h5-6,11-12H,3-4H2,1-2H3,(H,9,15)(H,13,14). The van der Waals surface area contributed by atoms with Crippen LogP contribution in [0.4, 0.5) is 4.79 Å². The molecule has 0 saturated heterocycles. The number of hydrogen-bond donors (Lipinski definition) is 4. The number of hydrogen-bond acceptors (Lipinski definition) is 4. The van der Waals surface area contributed by atoms with E-state index in [9.17, 15) is 9.59 Å². The van der Waals surface area contributed by atoms with Crippen LogP contribution in [0.3, 0.4) is 0 Å². The molecule has 7 nitrogen and oxygen atoms in total. The van der Waals surface area contributed by atoms with Gasteiger partial charge in [-0.25, -0.2) is 9.59 Å². The largest absolute Gasteiger partial charge is 0.480 e. The van der Waals surface area contributed by atoms with Gasteiger partial charge >= 0.3 is 12.0 Å². The van der Waals surface area contributed by atoms with E-state index in [1.807, 2.05) is 0 Å². The summed E-state index contributed by atoms with van der Waals surface area (Å²) in [7, 11) is 1.42. The van der Waals surface area contributed by atoms with Gasteiger partial charge in [0, 0.05) is 7.05 Å². The summed E-state index contributed by atoms with van der Waals surface area (Å²) >= 11 is 0. The SMILES string of the molecule is CC(CO)N(C)C(=O)NC(CO)C(=O)O. The summed E-state index contributed by atoms with van der Waals surface area (Å²) < 4.78 is 0. The molecule has 2 atom stereocenters. The first-order valence-electron chi connectivity index (χ1n) is 4.41. The lowest BCUT2D eigenvalue weighted by Gasteiger charge is -2.24. The third-order valence-corrected chi connectivity index (χ3v) is 2.02. The van der Waals surface area contributed by atoms with Crippen molar-refractivity contribution in [3.05, 3.63) is 0 Å². The van der Waals surface area contributed by atoms with Gasteiger partial charge < -0.3 is 25.5 Å². The van der Waals surface area contributed by atoms with E-state index in [1.165, 1.54) is 7.05 Å². The lowest BCUT2D eigenvalue weighted by Crippen LogP contribution is -2.51. The molecule has 0 rings (SSSR count). The summed E-state index contributed by atoms with van der Waals surface area (Å²) in [5.74, 6) is -1.31. The molecule has 2 amide bonds. The number of urea groups is 1. The van der Waals surface area contributed by atoms with Crippen molar-refractivity contribution in [2.75, 3.05) is 20.3 Å². The van der Waals surface area contributed by atoms with E-state index in [2.05, 4.69) is 5.32 Å². The van der Waals surface area contributed by atoms with Crippen LogP contribution in [-0.2, 0) is 4.79 Å². The van der Waals surface area contributed by atoms with Crippen LogP contribution in [0.2, 0.25) is 0 Å². The Morgan fingerprint density at radius 1 is 1.33 bits per heavy atom. The van der Waals surface area contributed by atoms with Crippen LogP contribution in [-0.4, -0.2) is 64.6 Å². The summed E-state index contributed by atoms with van der Waals surface area (Å²) in [6.45, 7) is 0.706. The lowest BCUT2D eigenvalue weighted by molar-refractivity contribution is -0.140. The van der Waals surface area contributed by atoms with Crippen molar-refractivity contribution in [2.45, 2.75) is 19.0 Å². The zero-order chi connectivity index (χ0) is 12.0. The molecule has 4 N–H and O–H groups in total. The van der Waals surface area contributed by atoms with Gasteiger partial charge in [0.05, 0.1) is 19.3 Å². The van der Waals surface area contributed by atoms with Crippen molar-refractivity contribution in [3.8, 4) is 0 Å². The number of carboxylic acids is 1. The predicted molar refractivity (Wildman–Crippen MR) is 51.4 cm³/mol. The highest BCUT2D eigenvalue weighted by molar-refractivity contribution is 5.82. The average Bonchev–Trinajstić information content (AvgIpc) is 2.22. The van der Waals surface area contributed by atoms with Gasteiger partial charge in [0.1, 0.15) is 0 Å². The number of aliphatic hydroxyl groups is 2. The van der Waals surface area contributed by atoms with E-state index in [-0.39, 0.29) is 6.61 Å². The fourth-order valence-corrected chi connectivity index (χ4v) is 0.759. The molecule has 0 heterocycles. The fraction of sp³-hybridized carbons (Fsp3) is 0.750. The van der Waals surface area contributed by atoms with Gasteiger partial charge in [0.25, 0.3) is 0 Å². The van der Waals surface area contributed by atoms with E-state index >= 15 is 0 Å². The third-order valence-electron chi connectivity index (χ3n) is 2.02. The van der Waals surface area contributed by atoms with Crippen molar-refractivity contribution >= 4 is 12.0 Å². The minimum Gasteiger partial charge on any atom is -0.480 e. The Labute approximate surface area is 87.3 Å². The van der Waals surface area contributed by atoms with Crippen LogP contribution in [0.15, 0.2) is 0 Å². The Balaban J connectivity index is 4.28. The number of aliphatic carboxylic acids is 1. The second-order valence-corrected chi connectivity index (χ2v) is 3.17. The average molecular weight is 220 g/mol. The van der Waals surface area contributed by atoms with Crippen LogP contribution in [0.25, 0.3) is 0 Å². The minimum absolute atomic E-state index is 0.221. The molecule has 0 spiro atoms.